The second-order valence-corrected chi connectivity index (χ2v) is 3.61. The van der Waals surface area contributed by atoms with Crippen molar-refractivity contribution < 1.29 is 4.74 Å². The highest BCUT2D eigenvalue weighted by Crippen LogP contribution is 2.42. The van der Waals surface area contributed by atoms with Crippen LogP contribution in [0.5, 0.6) is 0 Å². The van der Waals surface area contributed by atoms with Crippen molar-refractivity contribution in [1.82, 2.24) is 15.3 Å². The maximum absolute atomic E-state index is 5.58. The van der Waals surface area contributed by atoms with Crippen molar-refractivity contribution in [2.45, 2.75) is 11.5 Å². The Morgan fingerprint density at radius 3 is 3.00 bits per heavy atom. The van der Waals surface area contributed by atoms with Gasteiger partial charge in [0.1, 0.15) is 5.60 Å². The molecule has 0 aromatic carbocycles. The molecular weight excluding hydrogens is 166 g/mol. The van der Waals surface area contributed by atoms with Gasteiger partial charge in [0.05, 0.1) is 18.2 Å². The monoisotopic (exact) mass is 176 g/mol. The van der Waals surface area contributed by atoms with Crippen LogP contribution in [0.3, 0.4) is 0 Å². The molecule has 0 bridgehead atoms. The van der Waals surface area contributed by atoms with E-state index < -0.39 is 0 Å². The Morgan fingerprint density at radius 1 is 1.62 bits per heavy atom. The Bertz CT molecular complexity index is 304. The molecule has 1 atom stereocenters. The van der Waals surface area contributed by atoms with Gasteiger partial charge in [-0.25, -0.2) is 9.97 Å². The molecule has 3 heterocycles. The quantitative estimate of drug-likeness (QED) is 0.640. The number of rotatable bonds is 1. The third kappa shape index (κ3) is 0.927. The zero-order chi connectivity index (χ0) is 8.73. The van der Waals surface area contributed by atoms with Gasteiger partial charge in [-0.2, -0.15) is 0 Å². The molecule has 0 amide bonds. The lowest BCUT2D eigenvalue weighted by Gasteiger charge is -2.55. The van der Waals surface area contributed by atoms with E-state index in [9.17, 15) is 0 Å². The topological polar surface area (TPSA) is 47.0 Å². The van der Waals surface area contributed by atoms with E-state index in [0.717, 1.165) is 25.4 Å². The molecule has 2 saturated heterocycles. The average molecular weight is 176 g/mol. The first-order chi connectivity index (χ1) is 6.41. The van der Waals surface area contributed by atoms with Crippen LogP contribution in [0.2, 0.25) is 0 Å². The van der Waals surface area contributed by atoms with E-state index in [4.69, 9.17) is 4.74 Å². The van der Waals surface area contributed by atoms with Crippen LogP contribution in [-0.2, 0) is 4.74 Å². The summed E-state index contributed by atoms with van der Waals surface area (Å²) in [7, 11) is 0. The molecule has 3 rings (SSSR count). The molecule has 2 aliphatic heterocycles. The Labute approximate surface area is 76.3 Å². The van der Waals surface area contributed by atoms with Crippen LogP contribution in [0, 0.1) is 6.33 Å². The minimum atomic E-state index is 0.0438. The molecule has 1 aromatic heterocycles. The van der Waals surface area contributed by atoms with Gasteiger partial charge in [0.15, 0.2) is 6.33 Å². The summed E-state index contributed by atoms with van der Waals surface area (Å²) in [5.41, 5.74) is 1.10. The van der Waals surface area contributed by atoms with Crippen LogP contribution in [-0.4, -0.2) is 35.3 Å². The number of nitrogens with one attached hydrogen (secondary N) is 1. The molecule has 13 heavy (non-hydrogen) atoms. The van der Waals surface area contributed by atoms with E-state index in [2.05, 4.69) is 21.6 Å². The normalized spacial score (nSPS) is 29.4. The summed E-state index contributed by atoms with van der Waals surface area (Å²) in [5, 5.41) is 3.23. The van der Waals surface area contributed by atoms with Crippen molar-refractivity contribution in [2.75, 3.05) is 19.7 Å². The highest BCUT2D eigenvalue weighted by Gasteiger charge is 2.54. The first kappa shape index (κ1) is 7.41. The van der Waals surface area contributed by atoms with E-state index in [-0.39, 0.29) is 5.60 Å². The molecule has 4 nitrogen and oxygen atoms in total. The zero-order valence-corrected chi connectivity index (χ0v) is 7.16. The first-order valence-electron chi connectivity index (χ1n) is 4.44. The van der Waals surface area contributed by atoms with Gasteiger partial charge in [-0.1, -0.05) is 0 Å². The highest BCUT2D eigenvalue weighted by molar-refractivity contribution is 5.21. The third-order valence-corrected chi connectivity index (χ3v) is 2.93. The molecule has 1 aromatic rings. The molecule has 2 fully saturated rings. The Hall–Kier alpha value is -1.00. The van der Waals surface area contributed by atoms with Crippen LogP contribution < -0.4 is 5.32 Å². The van der Waals surface area contributed by atoms with Crippen LogP contribution in [0.4, 0.5) is 0 Å². The van der Waals surface area contributed by atoms with Gasteiger partial charge < -0.3 is 10.1 Å². The standard InChI is InChI=1S/C9H10N3O/c1-2-10-6-12-8(1)7-3-13-9(7)4-11-5-9/h1-2,7,11H,3-5H2. The van der Waals surface area contributed by atoms with E-state index in [0.29, 0.717) is 5.92 Å². The van der Waals surface area contributed by atoms with Crippen LogP contribution in [0.25, 0.3) is 0 Å². The number of nitrogens with zero attached hydrogens (tertiary/aromatic N) is 2. The molecule has 4 heteroatoms. The summed E-state index contributed by atoms with van der Waals surface area (Å²) >= 11 is 0. The van der Waals surface area contributed by atoms with Crippen molar-refractivity contribution in [3.63, 3.8) is 0 Å². The fourth-order valence-electron chi connectivity index (χ4n) is 1.94. The predicted molar refractivity (Wildman–Crippen MR) is 45.2 cm³/mol. The smallest absolute Gasteiger partial charge is 0.197 e. The minimum Gasteiger partial charge on any atom is -0.371 e. The van der Waals surface area contributed by atoms with Gasteiger partial charge in [0.2, 0.25) is 0 Å². The van der Waals surface area contributed by atoms with Crippen molar-refractivity contribution in [3.05, 3.63) is 24.3 Å². The molecule has 0 aliphatic carbocycles. The van der Waals surface area contributed by atoms with Gasteiger partial charge in [-0.05, 0) is 6.07 Å². The van der Waals surface area contributed by atoms with Gasteiger partial charge in [0.25, 0.3) is 0 Å². The van der Waals surface area contributed by atoms with Crippen molar-refractivity contribution in [1.29, 1.82) is 0 Å². The van der Waals surface area contributed by atoms with E-state index in [1.165, 1.54) is 0 Å². The summed E-state index contributed by atoms with van der Waals surface area (Å²) in [6.07, 6.45) is 4.36. The maximum Gasteiger partial charge on any atom is 0.197 e. The van der Waals surface area contributed by atoms with Crippen molar-refractivity contribution in [3.8, 4) is 0 Å². The first-order valence-corrected chi connectivity index (χ1v) is 4.44. The Morgan fingerprint density at radius 2 is 2.54 bits per heavy atom. The van der Waals surface area contributed by atoms with Crippen LogP contribution in [0.15, 0.2) is 12.3 Å². The largest absolute Gasteiger partial charge is 0.371 e. The number of hydrogen-bond acceptors (Lipinski definition) is 4. The fourth-order valence-corrected chi connectivity index (χ4v) is 1.94. The molecule has 1 radical (unpaired) electrons. The summed E-state index contributed by atoms with van der Waals surface area (Å²) < 4.78 is 5.58. The van der Waals surface area contributed by atoms with Gasteiger partial charge in [-0.15, -0.1) is 0 Å². The van der Waals surface area contributed by atoms with E-state index >= 15 is 0 Å². The molecular formula is C9H10N3O. The molecule has 1 N–H and O–H groups in total. The van der Waals surface area contributed by atoms with Gasteiger partial charge >= 0.3 is 0 Å². The number of ether oxygens (including phenoxy) is 1. The van der Waals surface area contributed by atoms with Crippen LogP contribution >= 0.6 is 0 Å². The summed E-state index contributed by atoms with van der Waals surface area (Å²) in [6.45, 7) is 2.68. The van der Waals surface area contributed by atoms with E-state index in [1.54, 1.807) is 6.20 Å². The van der Waals surface area contributed by atoms with Crippen molar-refractivity contribution in [2.24, 2.45) is 0 Å². The SMILES string of the molecule is [c]1nccc(C2COC23CNC3)n1. The number of hydrogen-bond donors (Lipinski definition) is 1. The molecule has 2 aliphatic rings. The molecule has 0 saturated carbocycles. The summed E-state index contributed by atoms with van der Waals surface area (Å²) in [6, 6.07) is 1.95. The average Bonchev–Trinajstić information content (AvgIpc) is 2.01. The summed E-state index contributed by atoms with van der Waals surface area (Å²) in [4.78, 5) is 7.92. The predicted octanol–water partition coefficient (Wildman–Crippen LogP) is -0.267. The number of aromatic nitrogens is 2. The second-order valence-electron chi connectivity index (χ2n) is 3.61. The fraction of sp³-hybridized carbons (Fsp3) is 0.556. The Balaban J connectivity index is 1.87. The minimum absolute atomic E-state index is 0.0438. The second kappa shape index (κ2) is 2.49. The van der Waals surface area contributed by atoms with E-state index in [1.807, 2.05) is 6.07 Å². The van der Waals surface area contributed by atoms with Gasteiger partial charge in [0, 0.05) is 19.3 Å². The molecule has 67 valence electrons. The lowest BCUT2D eigenvalue weighted by atomic mass is 9.76. The third-order valence-electron chi connectivity index (χ3n) is 2.93. The van der Waals surface area contributed by atoms with Crippen LogP contribution in [0.1, 0.15) is 11.6 Å². The molecule has 1 spiro atoms. The van der Waals surface area contributed by atoms with Gasteiger partial charge in [-0.3, -0.25) is 0 Å². The lowest BCUT2D eigenvalue weighted by molar-refractivity contribution is -0.196. The summed E-state index contributed by atoms with van der Waals surface area (Å²) in [5.74, 6) is 0.438. The van der Waals surface area contributed by atoms with Crippen molar-refractivity contribution >= 4 is 0 Å². The highest BCUT2D eigenvalue weighted by atomic mass is 16.5. The lowest BCUT2D eigenvalue weighted by Crippen LogP contribution is -2.71. The Kier molecular flexibility index (Phi) is 1.42. The maximum atomic E-state index is 5.58. The molecule has 1 unspecified atom stereocenters. The zero-order valence-electron chi connectivity index (χ0n) is 7.16.